The SMILES string of the molecule is CSc1ccc(S(=O)(=O)N(CC(=O)NCc2cccnc2)c2ccc(C)cc2)cc1. The lowest BCUT2D eigenvalue weighted by Crippen LogP contribution is -2.40. The molecule has 1 aromatic heterocycles. The highest BCUT2D eigenvalue weighted by Gasteiger charge is 2.27. The third-order valence-electron chi connectivity index (χ3n) is 4.47. The quantitative estimate of drug-likeness (QED) is 0.540. The van der Waals surface area contributed by atoms with Crippen LogP contribution in [0, 0.1) is 6.92 Å². The summed E-state index contributed by atoms with van der Waals surface area (Å²) >= 11 is 1.53. The van der Waals surface area contributed by atoms with Crippen molar-refractivity contribution in [3.05, 3.63) is 84.2 Å². The van der Waals surface area contributed by atoms with Crippen molar-refractivity contribution in [2.24, 2.45) is 0 Å². The third-order valence-corrected chi connectivity index (χ3v) is 7.00. The van der Waals surface area contributed by atoms with E-state index in [2.05, 4.69) is 10.3 Å². The predicted octanol–water partition coefficient (Wildman–Crippen LogP) is 3.62. The minimum absolute atomic E-state index is 0.140. The summed E-state index contributed by atoms with van der Waals surface area (Å²) in [6.45, 7) is 1.87. The van der Waals surface area contributed by atoms with Crippen LogP contribution in [0.4, 0.5) is 5.69 Å². The molecule has 0 saturated heterocycles. The molecule has 3 aromatic rings. The smallest absolute Gasteiger partial charge is 0.264 e. The largest absolute Gasteiger partial charge is 0.350 e. The maximum absolute atomic E-state index is 13.4. The van der Waals surface area contributed by atoms with Crippen LogP contribution in [0.5, 0.6) is 0 Å². The molecule has 8 heteroatoms. The second kappa shape index (κ2) is 9.77. The molecule has 0 radical (unpaired) electrons. The normalized spacial score (nSPS) is 11.1. The van der Waals surface area contributed by atoms with Crippen LogP contribution in [0.15, 0.2) is 82.8 Å². The molecular weight excluding hydrogens is 418 g/mol. The van der Waals surface area contributed by atoms with Crippen molar-refractivity contribution >= 4 is 33.4 Å². The fourth-order valence-electron chi connectivity index (χ4n) is 2.79. The first-order valence-corrected chi connectivity index (χ1v) is 12.0. The van der Waals surface area contributed by atoms with Gasteiger partial charge in [-0.25, -0.2) is 8.42 Å². The van der Waals surface area contributed by atoms with Crippen molar-refractivity contribution in [1.29, 1.82) is 0 Å². The highest BCUT2D eigenvalue weighted by molar-refractivity contribution is 7.98. The van der Waals surface area contributed by atoms with Crippen molar-refractivity contribution in [3.63, 3.8) is 0 Å². The van der Waals surface area contributed by atoms with E-state index >= 15 is 0 Å². The summed E-state index contributed by atoms with van der Waals surface area (Å²) in [7, 11) is -3.92. The molecule has 0 aliphatic heterocycles. The fourth-order valence-corrected chi connectivity index (χ4v) is 4.62. The number of thioether (sulfide) groups is 1. The number of pyridine rings is 1. The van der Waals surface area contributed by atoms with Crippen molar-refractivity contribution in [2.75, 3.05) is 17.1 Å². The average molecular weight is 442 g/mol. The lowest BCUT2D eigenvalue weighted by Gasteiger charge is -2.24. The summed E-state index contributed by atoms with van der Waals surface area (Å²) in [6, 6.07) is 17.3. The summed E-state index contributed by atoms with van der Waals surface area (Å²) in [5.74, 6) is -0.399. The Morgan fingerprint density at radius 2 is 1.77 bits per heavy atom. The number of amides is 1. The maximum atomic E-state index is 13.4. The Bertz CT molecular complexity index is 1080. The van der Waals surface area contributed by atoms with E-state index in [1.165, 1.54) is 11.8 Å². The molecule has 0 spiro atoms. The summed E-state index contributed by atoms with van der Waals surface area (Å²) in [4.78, 5) is 17.7. The Labute approximate surface area is 181 Å². The van der Waals surface area contributed by atoms with Crippen LogP contribution in [-0.2, 0) is 21.4 Å². The van der Waals surface area contributed by atoms with Crippen molar-refractivity contribution in [2.45, 2.75) is 23.3 Å². The topological polar surface area (TPSA) is 79.4 Å². The van der Waals surface area contributed by atoms with E-state index in [1.54, 1.807) is 54.9 Å². The number of rotatable bonds is 8. The van der Waals surface area contributed by atoms with E-state index in [4.69, 9.17) is 0 Å². The summed E-state index contributed by atoms with van der Waals surface area (Å²) < 4.78 is 27.9. The van der Waals surface area contributed by atoms with E-state index in [1.807, 2.05) is 31.4 Å². The van der Waals surface area contributed by atoms with Gasteiger partial charge in [-0.1, -0.05) is 23.8 Å². The monoisotopic (exact) mass is 441 g/mol. The van der Waals surface area contributed by atoms with Gasteiger partial charge in [-0.15, -0.1) is 11.8 Å². The molecule has 30 heavy (non-hydrogen) atoms. The molecule has 0 saturated carbocycles. The first kappa shape index (κ1) is 21.9. The van der Waals surface area contributed by atoms with Crippen LogP contribution in [0.3, 0.4) is 0 Å². The number of hydrogen-bond donors (Lipinski definition) is 1. The standard InChI is InChI=1S/C22H23N3O3S2/c1-17-5-7-19(8-6-17)25(16-22(26)24-15-18-4-3-13-23-14-18)30(27,28)21-11-9-20(29-2)10-12-21/h3-14H,15-16H2,1-2H3,(H,24,26). The maximum Gasteiger partial charge on any atom is 0.264 e. The minimum Gasteiger partial charge on any atom is -0.350 e. The predicted molar refractivity (Wildman–Crippen MR) is 120 cm³/mol. The zero-order valence-electron chi connectivity index (χ0n) is 16.8. The molecule has 3 rings (SSSR count). The number of carbonyl (C=O) groups is 1. The number of nitrogens with one attached hydrogen (secondary N) is 1. The van der Waals surface area contributed by atoms with E-state index in [-0.39, 0.29) is 18.0 Å². The summed E-state index contributed by atoms with van der Waals surface area (Å²) in [5, 5.41) is 2.76. The van der Waals surface area contributed by atoms with Gasteiger partial charge in [0.25, 0.3) is 10.0 Å². The number of nitrogens with zero attached hydrogens (tertiary/aromatic N) is 2. The average Bonchev–Trinajstić information content (AvgIpc) is 2.77. The highest BCUT2D eigenvalue weighted by Crippen LogP contribution is 2.25. The van der Waals surface area contributed by atoms with Crippen LogP contribution in [0.2, 0.25) is 0 Å². The number of carbonyl (C=O) groups excluding carboxylic acids is 1. The number of hydrogen-bond acceptors (Lipinski definition) is 5. The van der Waals surface area contributed by atoms with E-state index < -0.39 is 15.9 Å². The van der Waals surface area contributed by atoms with Crippen LogP contribution >= 0.6 is 11.8 Å². The lowest BCUT2D eigenvalue weighted by molar-refractivity contribution is -0.119. The van der Waals surface area contributed by atoms with Crippen LogP contribution in [0.25, 0.3) is 0 Å². The van der Waals surface area contributed by atoms with Gasteiger partial charge in [0, 0.05) is 23.8 Å². The Kier molecular flexibility index (Phi) is 7.12. The third kappa shape index (κ3) is 5.40. The van der Waals surface area contributed by atoms with Gasteiger partial charge in [0.05, 0.1) is 10.6 Å². The van der Waals surface area contributed by atoms with Crippen molar-refractivity contribution < 1.29 is 13.2 Å². The number of anilines is 1. The number of sulfonamides is 1. The number of aryl methyl sites for hydroxylation is 1. The molecule has 2 aromatic carbocycles. The second-order valence-electron chi connectivity index (χ2n) is 6.66. The molecule has 156 valence electrons. The van der Waals surface area contributed by atoms with Gasteiger partial charge in [0.2, 0.25) is 5.91 Å². The Balaban J connectivity index is 1.86. The van der Waals surface area contributed by atoms with Crippen LogP contribution in [0.1, 0.15) is 11.1 Å². The van der Waals surface area contributed by atoms with Gasteiger partial charge in [0.1, 0.15) is 6.54 Å². The van der Waals surface area contributed by atoms with Gasteiger partial charge in [-0.2, -0.15) is 0 Å². The Hall–Kier alpha value is -2.84. The summed E-state index contributed by atoms with van der Waals surface area (Å²) in [6.07, 6.45) is 5.23. The first-order valence-electron chi connectivity index (χ1n) is 9.29. The molecule has 1 amide bonds. The zero-order chi connectivity index (χ0) is 21.6. The van der Waals surface area contributed by atoms with Crippen molar-refractivity contribution in [3.8, 4) is 0 Å². The van der Waals surface area contributed by atoms with E-state index in [0.29, 0.717) is 5.69 Å². The van der Waals surface area contributed by atoms with Gasteiger partial charge in [-0.05, 0) is 61.2 Å². The molecule has 0 unspecified atom stereocenters. The second-order valence-corrected chi connectivity index (χ2v) is 9.40. The minimum atomic E-state index is -3.92. The van der Waals surface area contributed by atoms with Gasteiger partial charge in [-0.3, -0.25) is 14.1 Å². The molecule has 1 heterocycles. The van der Waals surface area contributed by atoms with Crippen molar-refractivity contribution in [1.82, 2.24) is 10.3 Å². The van der Waals surface area contributed by atoms with E-state index in [0.717, 1.165) is 20.3 Å². The molecule has 0 atom stereocenters. The number of benzene rings is 2. The zero-order valence-corrected chi connectivity index (χ0v) is 18.4. The first-order chi connectivity index (χ1) is 14.4. The van der Waals surface area contributed by atoms with Gasteiger partial charge < -0.3 is 5.32 Å². The molecule has 1 N–H and O–H groups in total. The molecular formula is C22H23N3O3S2. The van der Waals surface area contributed by atoms with Gasteiger partial charge >= 0.3 is 0 Å². The molecule has 0 aliphatic carbocycles. The molecule has 0 bridgehead atoms. The Morgan fingerprint density at radius 3 is 2.37 bits per heavy atom. The number of aromatic nitrogens is 1. The van der Waals surface area contributed by atoms with E-state index in [9.17, 15) is 13.2 Å². The fraction of sp³-hybridized carbons (Fsp3) is 0.182. The molecule has 6 nitrogen and oxygen atoms in total. The molecule has 0 fully saturated rings. The summed E-state index contributed by atoms with van der Waals surface area (Å²) in [5.41, 5.74) is 2.27. The lowest BCUT2D eigenvalue weighted by atomic mass is 10.2. The van der Waals surface area contributed by atoms with Crippen LogP contribution < -0.4 is 9.62 Å². The van der Waals surface area contributed by atoms with Crippen LogP contribution in [-0.4, -0.2) is 32.1 Å². The van der Waals surface area contributed by atoms with Gasteiger partial charge in [0.15, 0.2) is 0 Å². The molecule has 0 aliphatic rings. The highest BCUT2D eigenvalue weighted by atomic mass is 32.2. The Morgan fingerprint density at radius 1 is 1.07 bits per heavy atom.